The second-order valence-corrected chi connectivity index (χ2v) is 3.97. The van der Waals surface area contributed by atoms with E-state index in [0.29, 0.717) is 5.03 Å². The number of nitrogens with zero attached hydrogens (tertiary/aromatic N) is 2. The number of benzene rings is 1. The van der Waals surface area contributed by atoms with Gasteiger partial charge in [-0.3, -0.25) is 0 Å². The van der Waals surface area contributed by atoms with Crippen LogP contribution in [0.4, 0.5) is 0 Å². The van der Waals surface area contributed by atoms with Gasteiger partial charge in [-0.25, -0.2) is 0 Å². The Balaban J connectivity index is 2.47. The summed E-state index contributed by atoms with van der Waals surface area (Å²) in [7, 11) is 0. The molecule has 1 heterocycles. The zero-order chi connectivity index (χ0) is 9.26. The van der Waals surface area contributed by atoms with E-state index in [1.165, 1.54) is 17.1 Å². The molecule has 4 heteroatoms. The first-order chi connectivity index (χ1) is 6.27. The van der Waals surface area contributed by atoms with E-state index in [1.54, 1.807) is 0 Å². The highest BCUT2D eigenvalue weighted by atomic mass is 32.1. The summed E-state index contributed by atoms with van der Waals surface area (Å²) in [5.41, 5.74) is 2.38. The number of hydrogen-bond acceptors (Lipinski definition) is 4. The standard InChI is InChI=1S/C9H8N2S2/c1-6-2-4-7(5-3-6)8-9(12)10-11-13-8/h2-5,12H,1H3. The van der Waals surface area contributed by atoms with Crippen molar-refractivity contribution in [1.82, 2.24) is 9.59 Å². The summed E-state index contributed by atoms with van der Waals surface area (Å²) in [6.07, 6.45) is 0. The Kier molecular flexibility index (Phi) is 2.33. The summed E-state index contributed by atoms with van der Waals surface area (Å²) in [6, 6.07) is 8.26. The van der Waals surface area contributed by atoms with E-state index < -0.39 is 0 Å². The molecule has 0 aliphatic heterocycles. The first-order valence-electron chi connectivity index (χ1n) is 3.86. The Hall–Kier alpha value is -0.870. The molecule has 0 spiro atoms. The van der Waals surface area contributed by atoms with Gasteiger partial charge in [-0.05, 0) is 24.0 Å². The molecule has 0 saturated carbocycles. The minimum absolute atomic E-state index is 0.703. The van der Waals surface area contributed by atoms with Gasteiger partial charge in [0.05, 0.1) is 4.88 Å². The fraction of sp³-hybridized carbons (Fsp3) is 0.111. The highest BCUT2D eigenvalue weighted by Crippen LogP contribution is 2.27. The molecule has 13 heavy (non-hydrogen) atoms. The van der Waals surface area contributed by atoms with Crippen LogP contribution in [0.15, 0.2) is 29.3 Å². The topological polar surface area (TPSA) is 25.8 Å². The largest absolute Gasteiger partial charge is 0.136 e. The van der Waals surface area contributed by atoms with Crippen molar-refractivity contribution in [3.63, 3.8) is 0 Å². The molecule has 0 fully saturated rings. The molecule has 66 valence electrons. The second kappa shape index (κ2) is 3.47. The maximum Gasteiger partial charge on any atom is 0.136 e. The molecule has 1 aromatic heterocycles. The van der Waals surface area contributed by atoms with Gasteiger partial charge >= 0.3 is 0 Å². The maximum absolute atomic E-state index is 4.22. The molecule has 0 saturated heterocycles. The zero-order valence-corrected chi connectivity index (χ0v) is 8.77. The molecule has 0 amide bonds. The number of thiol groups is 1. The van der Waals surface area contributed by atoms with E-state index in [9.17, 15) is 0 Å². The van der Waals surface area contributed by atoms with Gasteiger partial charge in [-0.15, -0.1) is 17.7 Å². The van der Waals surface area contributed by atoms with Crippen LogP contribution in [0.3, 0.4) is 0 Å². The molecule has 0 atom stereocenters. The van der Waals surface area contributed by atoms with Crippen molar-refractivity contribution in [3.8, 4) is 10.4 Å². The smallest absolute Gasteiger partial charge is 0.131 e. The third-order valence-corrected chi connectivity index (χ3v) is 3.02. The lowest BCUT2D eigenvalue weighted by Crippen LogP contribution is -1.75. The van der Waals surface area contributed by atoms with E-state index in [-0.39, 0.29) is 0 Å². The molecular weight excluding hydrogens is 200 g/mol. The van der Waals surface area contributed by atoms with Crippen molar-refractivity contribution >= 4 is 24.2 Å². The summed E-state index contributed by atoms with van der Waals surface area (Å²) >= 11 is 5.59. The molecule has 0 unspecified atom stereocenters. The van der Waals surface area contributed by atoms with Crippen molar-refractivity contribution < 1.29 is 0 Å². The average Bonchev–Trinajstić information content (AvgIpc) is 2.53. The first-order valence-corrected chi connectivity index (χ1v) is 5.08. The summed E-state index contributed by atoms with van der Waals surface area (Å²) in [4.78, 5) is 1.03. The second-order valence-electron chi connectivity index (χ2n) is 2.79. The van der Waals surface area contributed by atoms with Crippen LogP contribution >= 0.6 is 24.2 Å². The van der Waals surface area contributed by atoms with Gasteiger partial charge in [-0.1, -0.05) is 34.3 Å². The molecule has 0 aliphatic carbocycles. The van der Waals surface area contributed by atoms with Crippen molar-refractivity contribution in [2.75, 3.05) is 0 Å². The Morgan fingerprint density at radius 1 is 1.23 bits per heavy atom. The Bertz CT molecular complexity index is 406. The molecule has 0 N–H and O–H groups in total. The van der Waals surface area contributed by atoms with Gasteiger partial charge in [0.2, 0.25) is 0 Å². The molecule has 2 rings (SSSR count). The Labute approximate surface area is 86.2 Å². The summed E-state index contributed by atoms with van der Waals surface area (Å²) in [6.45, 7) is 2.07. The molecule has 2 aromatic rings. The third-order valence-electron chi connectivity index (χ3n) is 1.78. The quantitative estimate of drug-likeness (QED) is 0.729. The van der Waals surface area contributed by atoms with Crippen LogP contribution in [0.25, 0.3) is 10.4 Å². The van der Waals surface area contributed by atoms with Gasteiger partial charge < -0.3 is 0 Å². The van der Waals surface area contributed by atoms with Crippen LogP contribution in [0.5, 0.6) is 0 Å². The number of rotatable bonds is 1. The Morgan fingerprint density at radius 2 is 1.92 bits per heavy atom. The van der Waals surface area contributed by atoms with Crippen molar-refractivity contribution in [2.24, 2.45) is 0 Å². The maximum atomic E-state index is 4.22. The first kappa shape index (κ1) is 8.72. The van der Waals surface area contributed by atoms with Crippen LogP contribution in [-0.4, -0.2) is 9.59 Å². The summed E-state index contributed by atoms with van der Waals surface area (Å²) < 4.78 is 3.84. The average molecular weight is 208 g/mol. The molecule has 0 aliphatic rings. The lowest BCUT2D eigenvalue weighted by Gasteiger charge is -1.97. The van der Waals surface area contributed by atoms with E-state index in [1.807, 2.05) is 0 Å². The van der Waals surface area contributed by atoms with E-state index >= 15 is 0 Å². The zero-order valence-electron chi connectivity index (χ0n) is 7.06. The normalized spacial score (nSPS) is 10.3. The van der Waals surface area contributed by atoms with Crippen LogP contribution in [-0.2, 0) is 0 Å². The molecule has 0 radical (unpaired) electrons. The fourth-order valence-electron chi connectivity index (χ4n) is 1.07. The summed E-state index contributed by atoms with van der Waals surface area (Å²) in [5.74, 6) is 0. The fourth-order valence-corrected chi connectivity index (χ4v) is 2.00. The lowest BCUT2D eigenvalue weighted by molar-refractivity contribution is 1.04. The number of aryl methyl sites for hydroxylation is 1. The van der Waals surface area contributed by atoms with E-state index in [0.717, 1.165) is 10.4 Å². The number of hydrogen-bond donors (Lipinski definition) is 1. The van der Waals surface area contributed by atoms with Crippen molar-refractivity contribution in [3.05, 3.63) is 29.8 Å². The summed E-state index contributed by atoms with van der Waals surface area (Å²) in [5, 5.41) is 4.55. The third kappa shape index (κ3) is 1.73. The molecule has 0 bridgehead atoms. The van der Waals surface area contributed by atoms with E-state index in [2.05, 4.69) is 53.4 Å². The molecule has 1 aromatic carbocycles. The highest BCUT2D eigenvalue weighted by Gasteiger charge is 2.05. The monoisotopic (exact) mass is 208 g/mol. The lowest BCUT2D eigenvalue weighted by atomic mass is 10.1. The molecule has 2 nitrogen and oxygen atoms in total. The predicted molar refractivity (Wildman–Crippen MR) is 57.3 cm³/mol. The van der Waals surface area contributed by atoms with Gasteiger partial charge in [0.25, 0.3) is 0 Å². The Morgan fingerprint density at radius 3 is 2.46 bits per heavy atom. The minimum Gasteiger partial charge on any atom is -0.131 e. The van der Waals surface area contributed by atoms with Crippen LogP contribution < -0.4 is 0 Å². The minimum atomic E-state index is 0.703. The van der Waals surface area contributed by atoms with Crippen LogP contribution in [0.2, 0.25) is 0 Å². The van der Waals surface area contributed by atoms with Crippen LogP contribution in [0, 0.1) is 6.92 Å². The SMILES string of the molecule is Cc1ccc(-c2snnc2S)cc1. The van der Waals surface area contributed by atoms with Crippen LogP contribution in [0.1, 0.15) is 5.56 Å². The van der Waals surface area contributed by atoms with Crippen molar-refractivity contribution in [1.29, 1.82) is 0 Å². The predicted octanol–water partition coefficient (Wildman–Crippen LogP) is 2.80. The van der Waals surface area contributed by atoms with Gasteiger partial charge in [0.15, 0.2) is 0 Å². The van der Waals surface area contributed by atoms with Gasteiger partial charge in [0, 0.05) is 0 Å². The molecular formula is C9H8N2S2. The highest BCUT2D eigenvalue weighted by molar-refractivity contribution is 7.80. The van der Waals surface area contributed by atoms with Crippen molar-refractivity contribution in [2.45, 2.75) is 11.9 Å². The van der Waals surface area contributed by atoms with Gasteiger partial charge in [-0.2, -0.15) is 0 Å². The number of aromatic nitrogens is 2. The van der Waals surface area contributed by atoms with Gasteiger partial charge in [0.1, 0.15) is 5.03 Å². The van der Waals surface area contributed by atoms with E-state index in [4.69, 9.17) is 0 Å².